The fourth-order valence-corrected chi connectivity index (χ4v) is 2.68. The smallest absolute Gasteiger partial charge is 0.273 e. The molecular formula is C18H24Cl2N6O. The minimum absolute atomic E-state index is 0. The number of amides is 1. The quantitative estimate of drug-likeness (QED) is 0.584. The van der Waals surface area contributed by atoms with Crippen molar-refractivity contribution in [2.45, 2.75) is 20.3 Å². The van der Waals surface area contributed by atoms with Crippen LogP contribution in [0.3, 0.4) is 0 Å². The highest BCUT2D eigenvalue weighted by Gasteiger charge is 2.18. The Morgan fingerprint density at radius 2 is 1.89 bits per heavy atom. The zero-order valence-corrected chi connectivity index (χ0v) is 16.9. The molecule has 0 radical (unpaired) electrons. The van der Waals surface area contributed by atoms with Crippen LogP contribution in [0.1, 0.15) is 29.5 Å². The molecule has 0 spiro atoms. The van der Waals surface area contributed by atoms with E-state index < -0.39 is 0 Å². The summed E-state index contributed by atoms with van der Waals surface area (Å²) < 4.78 is 1.67. The van der Waals surface area contributed by atoms with Crippen molar-refractivity contribution in [1.29, 1.82) is 0 Å². The number of benzene rings is 1. The summed E-state index contributed by atoms with van der Waals surface area (Å²) >= 11 is 0. The molecule has 2 aromatic heterocycles. The number of rotatable bonds is 7. The number of hydrogen-bond acceptors (Lipinski definition) is 5. The molecule has 2 heterocycles. The fourth-order valence-electron chi connectivity index (χ4n) is 2.68. The average molecular weight is 411 g/mol. The van der Waals surface area contributed by atoms with Crippen molar-refractivity contribution in [2.75, 3.05) is 19.6 Å². The third-order valence-electron chi connectivity index (χ3n) is 3.96. The Hall–Kier alpha value is -2.22. The number of hydrogen-bond donors (Lipinski definition) is 2. The molecule has 0 atom stereocenters. The van der Waals surface area contributed by atoms with Crippen LogP contribution in [0.5, 0.6) is 0 Å². The molecule has 1 aromatic carbocycles. The number of aromatic nitrogens is 4. The van der Waals surface area contributed by atoms with Gasteiger partial charge in [-0.3, -0.25) is 9.78 Å². The van der Waals surface area contributed by atoms with Crippen LogP contribution in [-0.4, -0.2) is 45.5 Å². The number of para-hydroxylation sites is 1. The normalized spacial score (nSPS) is 10.1. The van der Waals surface area contributed by atoms with Crippen molar-refractivity contribution in [3.05, 3.63) is 47.9 Å². The first-order valence-corrected chi connectivity index (χ1v) is 8.47. The van der Waals surface area contributed by atoms with Gasteiger partial charge in [0.15, 0.2) is 5.69 Å². The van der Waals surface area contributed by atoms with E-state index in [0.29, 0.717) is 17.9 Å². The molecule has 7 nitrogen and oxygen atoms in total. The van der Waals surface area contributed by atoms with Crippen molar-refractivity contribution < 1.29 is 4.79 Å². The predicted molar refractivity (Wildman–Crippen MR) is 111 cm³/mol. The van der Waals surface area contributed by atoms with Crippen LogP contribution < -0.4 is 10.6 Å². The van der Waals surface area contributed by atoms with Crippen LogP contribution in [0.2, 0.25) is 0 Å². The highest BCUT2D eigenvalue weighted by Crippen LogP contribution is 2.21. The topological polar surface area (TPSA) is 84.7 Å². The molecular weight excluding hydrogens is 387 g/mol. The van der Waals surface area contributed by atoms with Gasteiger partial charge in [0.25, 0.3) is 5.91 Å². The lowest BCUT2D eigenvalue weighted by atomic mass is 10.2. The average Bonchev–Trinajstić information content (AvgIpc) is 3.02. The van der Waals surface area contributed by atoms with Gasteiger partial charge >= 0.3 is 0 Å². The third kappa shape index (κ3) is 5.15. The van der Waals surface area contributed by atoms with Gasteiger partial charge in [0.2, 0.25) is 0 Å². The van der Waals surface area contributed by atoms with E-state index >= 15 is 0 Å². The van der Waals surface area contributed by atoms with Crippen LogP contribution in [0.25, 0.3) is 16.6 Å². The first-order valence-electron chi connectivity index (χ1n) is 8.47. The minimum Gasteiger partial charge on any atom is -0.349 e. The number of halogens is 2. The Bertz CT molecular complexity index is 878. The maximum atomic E-state index is 12.3. The third-order valence-corrected chi connectivity index (χ3v) is 3.96. The van der Waals surface area contributed by atoms with Gasteiger partial charge in [-0.15, -0.1) is 29.9 Å². The summed E-state index contributed by atoms with van der Waals surface area (Å²) in [6, 6.07) is 9.75. The van der Waals surface area contributed by atoms with E-state index in [1.165, 1.54) is 0 Å². The second-order valence-electron chi connectivity index (χ2n) is 5.79. The van der Waals surface area contributed by atoms with E-state index in [4.69, 9.17) is 0 Å². The Morgan fingerprint density at radius 3 is 2.67 bits per heavy atom. The first-order chi connectivity index (χ1) is 12.2. The molecule has 2 N–H and O–H groups in total. The zero-order valence-electron chi connectivity index (χ0n) is 15.3. The molecule has 0 saturated heterocycles. The number of pyridine rings is 1. The number of carbonyl (C=O) groups excluding carboxylic acids is 1. The lowest BCUT2D eigenvalue weighted by molar-refractivity contribution is 0.0948. The fraction of sp³-hybridized carbons (Fsp3) is 0.333. The largest absolute Gasteiger partial charge is 0.349 e. The van der Waals surface area contributed by atoms with Crippen molar-refractivity contribution >= 4 is 41.6 Å². The van der Waals surface area contributed by atoms with Crippen LogP contribution in [-0.2, 0) is 0 Å². The summed E-state index contributed by atoms with van der Waals surface area (Å²) in [5, 5.41) is 15.4. The van der Waals surface area contributed by atoms with Gasteiger partial charge in [-0.25, -0.2) is 4.68 Å². The molecule has 0 aliphatic carbocycles. The number of carbonyl (C=O) groups is 1. The predicted octanol–water partition coefficient (Wildman–Crippen LogP) is 2.70. The van der Waals surface area contributed by atoms with E-state index in [0.717, 1.165) is 36.1 Å². The van der Waals surface area contributed by atoms with E-state index in [1.807, 2.05) is 37.3 Å². The summed E-state index contributed by atoms with van der Waals surface area (Å²) in [5.74, 6) is -0.213. The van der Waals surface area contributed by atoms with Crippen LogP contribution in [0, 0.1) is 6.92 Å². The van der Waals surface area contributed by atoms with Crippen molar-refractivity contribution in [3.8, 4) is 5.69 Å². The van der Waals surface area contributed by atoms with Crippen LogP contribution in [0.15, 0.2) is 36.5 Å². The molecule has 146 valence electrons. The Labute approximate surface area is 170 Å². The van der Waals surface area contributed by atoms with Crippen molar-refractivity contribution in [1.82, 2.24) is 30.6 Å². The monoisotopic (exact) mass is 410 g/mol. The number of fused-ring (bicyclic) bond motifs is 1. The molecule has 0 unspecified atom stereocenters. The Kier molecular flexibility index (Phi) is 9.14. The van der Waals surface area contributed by atoms with Crippen molar-refractivity contribution in [2.24, 2.45) is 0 Å². The van der Waals surface area contributed by atoms with Gasteiger partial charge in [-0.2, -0.15) is 0 Å². The molecule has 0 aliphatic heterocycles. The van der Waals surface area contributed by atoms with Gasteiger partial charge in [-0.05, 0) is 32.0 Å². The maximum Gasteiger partial charge on any atom is 0.273 e. The van der Waals surface area contributed by atoms with Crippen LogP contribution in [0.4, 0.5) is 0 Å². The van der Waals surface area contributed by atoms with Gasteiger partial charge < -0.3 is 10.6 Å². The molecule has 0 bridgehead atoms. The molecule has 1 amide bonds. The first kappa shape index (κ1) is 22.8. The molecule has 3 aromatic rings. The molecule has 0 saturated carbocycles. The van der Waals surface area contributed by atoms with Gasteiger partial charge in [0.05, 0.1) is 16.9 Å². The van der Waals surface area contributed by atoms with Gasteiger partial charge in [-0.1, -0.05) is 30.3 Å². The summed E-state index contributed by atoms with van der Waals surface area (Å²) in [4.78, 5) is 16.8. The second-order valence-corrected chi connectivity index (χ2v) is 5.79. The van der Waals surface area contributed by atoms with E-state index in [-0.39, 0.29) is 30.7 Å². The molecule has 0 fully saturated rings. The Morgan fingerprint density at radius 1 is 1.11 bits per heavy atom. The number of nitrogens with one attached hydrogen (secondary N) is 2. The van der Waals surface area contributed by atoms with E-state index in [9.17, 15) is 4.79 Å². The lowest BCUT2D eigenvalue weighted by Crippen LogP contribution is -2.32. The van der Waals surface area contributed by atoms with E-state index in [2.05, 4.69) is 32.9 Å². The Balaban J connectivity index is 0.00000182. The van der Waals surface area contributed by atoms with E-state index in [1.54, 1.807) is 10.9 Å². The highest BCUT2D eigenvalue weighted by molar-refractivity contribution is 5.93. The zero-order chi connectivity index (χ0) is 17.6. The molecule has 0 aliphatic rings. The van der Waals surface area contributed by atoms with Gasteiger partial charge in [0.1, 0.15) is 0 Å². The lowest BCUT2D eigenvalue weighted by Gasteiger charge is -2.07. The summed E-state index contributed by atoms with van der Waals surface area (Å²) in [5.41, 5.74) is 2.67. The van der Waals surface area contributed by atoms with Crippen LogP contribution >= 0.6 is 24.8 Å². The summed E-state index contributed by atoms with van der Waals surface area (Å²) in [7, 11) is 0. The minimum atomic E-state index is -0.213. The summed E-state index contributed by atoms with van der Waals surface area (Å²) in [6.07, 6.45) is 2.81. The number of nitrogens with zero attached hydrogens (tertiary/aromatic N) is 4. The molecule has 3 rings (SSSR count). The molecule has 9 heteroatoms. The highest BCUT2D eigenvalue weighted by atomic mass is 35.5. The van der Waals surface area contributed by atoms with Crippen molar-refractivity contribution in [3.63, 3.8) is 0 Å². The second kappa shape index (κ2) is 10.8. The standard InChI is InChI=1S/C18H22N6O.2ClH/c1-3-9-19-11-12-21-18(25)16-13(2)24(23-22-16)15-8-4-6-14-7-5-10-20-17(14)15;;/h4-8,10,19H,3,9,11-12H2,1-2H3,(H,21,25);2*1H. The maximum absolute atomic E-state index is 12.3. The van der Waals surface area contributed by atoms with Gasteiger partial charge in [0, 0.05) is 24.7 Å². The SMILES string of the molecule is CCCNCCNC(=O)c1nnn(-c2cccc3cccnc23)c1C.Cl.Cl. The summed E-state index contributed by atoms with van der Waals surface area (Å²) in [6.45, 7) is 6.18. The molecule has 27 heavy (non-hydrogen) atoms.